The average Bonchev–Trinajstić information content (AvgIpc) is 2.24. The molecule has 1 rings (SSSR count). The molecule has 0 bridgehead atoms. The molecule has 90 valence electrons. The van der Waals surface area contributed by atoms with Gasteiger partial charge in [0, 0.05) is 6.04 Å². The first-order valence-corrected chi connectivity index (χ1v) is 5.64. The number of ether oxygens (including phenoxy) is 1. The van der Waals surface area contributed by atoms with Gasteiger partial charge in [-0.15, -0.1) is 0 Å². The first kappa shape index (κ1) is 13.0. The fourth-order valence-corrected chi connectivity index (χ4v) is 1.53. The van der Waals surface area contributed by atoms with Crippen LogP contribution in [0, 0.1) is 13.8 Å². The standard InChI is InChI=1S/C13H21NO2/c1-9-6-5-7-13(11(9)3)16-12(4)14-10(2)8-15/h5-7,10,12,14-15H,8H2,1-4H3. The molecule has 16 heavy (non-hydrogen) atoms. The Morgan fingerprint density at radius 3 is 2.62 bits per heavy atom. The molecule has 0 amide bonds. The lowest BCUT2D eigenvalue weighted by Crippen LogP contribution is -2.40. The fraction of sp³-hybridized carbons (Fsp3) is 0.538. The van der Waals surface area contributed by atoms with Gasteiger partial charge in [-0.3, -0.25) is 5.32 Å². The maximum atomic E-state index is 8.93. The smallest absolute Gasteiger partial charge is 0.147 e. The van der Waals surface area contributed by atoms with Crippen molar-refractivity contribution in [1.29, 1.82) is 0 Å². The quantitative estimate of drug-likeness (QED) is 0.750. The molecule has 0 heterocycles. The van der Waals surface area contributed by atoms with Crippen LogP contribution in [0.1, 0.15) is 25.0 Å². The molecule has 1 aromatic rings. The van der Waals surface area contributed by atoms with Gasteiger partial charge in [-0.05, 0) is 44.9 Å². The van der Waals surface area contributed by atoms with E-state index < -0.39 is 0 Å². The van der Waals surface area contributed by atoms with Crippen LogP contribution in [0.3, 0.4) is 0 Å². The molecule has 1 aromatic carbocycles. The number of aliphatic hydroxyl groups is 1. The summed E-state index contributed by atoms with van der Waals surface area (Å²) in [7, 11) is 0. The van der Waals surface area contributed by atoms with E-state index in [1.165, 1.54) is 5.56 Å². The molecule has 3 nitrogen and oxygen atoms in total. The molecule has 2 atom stereocenters. The lowest BCUT2D eigenvalue weighted by molar-refractivity contribution is 0.143. The first-order chi connectivity index (χ1) is 7.54. The van der Waals surface area contributed by atoms with E-state index in [2.05, 4.69) is 18.3 Å². The highest BCUT2D eigenvalue weighted by atomic mass is 16.5. The third-order valence-corrected chi connectivity index (χ3v) is 2.65. The molecule has 0 saturated carbocycles. The van der Waals surface area contributed by atoms with Gasteiger partial charge in [0.1, 0.15) is 12.0 Å². The lowest BCUT2D eigenvalue weighted by Gasteiger charge is -2.21. The van der Waals surface area contributed by atoms with Gasteiger partial charge in [0.05, 0.1) is 6.61 Å². The molecule has 2 unspecified atom stereocenters. The summed E-state index contributed by atoms with van der Waals surface area (Å²) >= 11 is 0. The molecular formula is C13H21NO2. The molecule has 0 aliphatic carbocycles. The first-order valence-electron chi connectivity index (χ1n) is 5.64. The van der Waals surface area contributed by atoms with E-state index in [4.69, 9.17) is 9.84 Å². The van der Waals surface area contributed by atoms with Crippen molar-refractivity contribution < 1.29 is 9.84 Å². The topological polar surface area (TPSA) is 41.5 Å². The van der Waals surface area contributed by atoms with Gasteiger partial charge in [-0.2, -0.15) is 0 Å². The van der Waals surface area contributed by atoms with Crippen molar-refractivity contribution in [2.24, 2.45) is 0 Å². The van der Waals surface area contributed by atoms with Crippen LogP contribution < -0.4 is 10.1 Å². The maximum Gasteiger partial charge on any atom is 0.147 e. The molecular weight excluding hydrogens is 202 g/mol. The number of benzene rings is 1. The third-order valence-electron chi connectivity index (χ3n) is 2.65. The Balaban J connectivity index is 2.62. The van der Waals surface area contributed by atoms with Crippen molar-refractivity contribution in [3.8, 4) is 5.75 Å². The molecule has 0 radical (unpaired) electrons. The predicted octanol–water partition coefficient (Wildman–Crippen LogP) is 2.00. The number of rotatable bonds is 5. The molecule has 0 aliphatic heterocycles. The van der Waals surface area contributed by atoms with Crippen molar-refractivity contribution in [2.45, 2.75) is 40.0 Å². The second-order valence-electron chi connectivity index (χ2n) is 4.21. The number of hydrogen-bond donors (Lipinski definition) is 2. The largest absolute Gasteiger partial charge is 0.475 e. The second-order valence-corrected chi connectivity index (χ2v) is 4.21. The zero-order valence-electron chi connectivity index (χ0n) is 10.4. The Bertz CT molecular complexity index is 339. The van der Waals surface area contributed by atoms with E-state index in [-0.39, 0.29) is 18.9 Å². The van der Waals surface area contributed by atoms with Crippen LogP contribution in [0.5, 0.6) is 5.75 Å². The SMILES string of the molecule is Cc1cccc(OC(C)NC(C)CO)c1C. The fourth-order valence-electron chi connectivity index (χ4n) is 1.53. The Labute approximate surface area is 97.4 Å². The minimum Gasteiger partial charge on any atom is -0.475 e. The van der Waals surface area contributed by atoms with Crippen LogP contribution in [0.4, 0.5) is 0 Å². The van der Waals surface area contributed by atoms with E-state index in [9.17, 15) is 0 Å². The Morgan fingerprint density at radius 2 is 2.00 bits per heavy atom. The van der Waals surface area contributed by atoms with E-state index in [1.54, 1.807) is 0 Å². The normalized spacial score (nSPS) is 14.6. The highest BCUT2D eigenvalue weighted by Crippen LogP contribution is 2.21. The molecule has 0 saturated heterocycles. The molecule has 0 aromatic heterocycles. The summed E-state index contributed by atoms with van der Waals surface area (Å²) in [6, 6.07) is 6.06. The average molecular weight is 223 g/mol. The minimum atomic E-state index is -0.109. The number of nitrogens with one attached hydrogen (secondary N) is 1. The van der Waals surface area contributed by atoms with Crippen LogP contribution in [-0.2, 0) is 0 Å². The highest BCUT2D eigenvalue weighted by Gasteiger charge is 2.09. The highest BCUT2D eigenvalue weighted by molar-refractivity contribution is 5.38. The molecule has 0 aliphatic rings. The summed E-state index contributed by atoms with van der Waals surface area (Å²) in [6.07, 6.45) is -0.109. The van der Waals surface area contributed by atoms with Gasteiger partial charge < -0.3 is 9.84 Å². The number of aryl methyl sites for hydroxylation is 1. The van der Waals surface area contributed by atoms with Crippen LogP contribution >= 0.6 is 0 Å². The summed E-state index contributed by atoms with van der Waals surface area (Å²) in [6.45, 7) is 8.08. The summed E-state index contributed by atoms with van der Waals surface area (Å²) in [5.41, 5.74) is 2.38. The summed E-state index contributed by atoms with van der Waals surface area (Å²) in [4.78, 5) is 0. The summed E-state index contributed by atoms with van der Waals surface area (Å²) in [5.74, 6) is 0.894. The Hall–Kier alpha value is -1.06. The summed E-state index contributed by atoms with van der Waals surface area (Å²) in [5, 5.41) is 12.1. The van der Waals surface area contributed by atoms with Gasteiger partial charge in [-0.1, -0.05) is 12.1 Å². The third kappa shape index (κ3) is 3.51. The number of aliphatic hydroxyl groups excluding tert-OH is 1. The zero-order chi connectivity index (χ0) is 12.1. The van der Waals surface area contributed by atoms with Crippen molar-refractivity contribution in [3.05, 3.63) is 29.3 Å². The maximum absolute atomic E-state index is 8.93. The second kappa shape index (κ2) is 5.87. The van der Waals surface area contributed by atoms with E-state index in [0.29, 0.717) is 0 Å². The van der Waals surface area contributed by atoms with Gasteiger partial charge in [0.2, 0.25) is 0 Å². The van der Waals surface area contributed by atoms with Crippen molar-refractivity contribution in [3.63, 3.8) is 0 Å². The van der Waals surface area contributed by atoms with Crippen molar-refractivity contribution in [1.82, 2.24) is 5.32 Å². The number of hydrogen-bond acceptors (Lipinski definition) is 3. The Morgan fingerprint density at radius 1 is 1.31 bits per heavy atom. The van der Waals surface area contributed by atoms with Crippen molar-refractivity contribution in [2.75, 3.05) is 6.61 Å². The van der Waals surface area contributed by atoms with E-state index in [0.717, 1.165) is 11.3 Å². The van der Waals surface area contributed by atoms with Crippen molar-refractivity contribution >= 4 is 0 Å². The minimum absolute atomic E-state index is 0.0418. The van der Waals surface area contributed by atoms with Crippen LogP contribution in [0.2, 0.25) is 0 Å². The van der Waals surface area contributed by atoms with E-state index >= 15 is 0 Å². The molecule has 2 N–H and O–H groups in total. The molecule has 0 spiro atoms. The van der Waals surface area contributed by atoms with E-state index in [1.807, 2.05) is 32.9 Å². The molecule has 0 fully saturated rings. The van der Waals surface area contributed by atoms with Crippen LogP contribution in [0.15, 0.2) is 18.2 Å². The monoisotopic (exact) mass is 223 g/mol. The van der Waals surface area contributed by atoms with Gasteiger partial charge >= 0.3 is 0 Å². The van der Waals surface area contributed by atoms with Crippen LogP contribution in [-0.4, -0.2) is 24.0 Å². The molecule has 3 heteroatoms. The lowest BCUT2D eigenvalue weighted by atomic mass is 10.1. The van der Waals surface area contributed by atoms with Crippen LogP contribution in [0.25, 0.3) is 0 Å². The zero-order valence-corrected chi connectivity index (χ0v) is 10.4. The Kier molecular flexibility index (Phi) is 4.77. The van der Waals surface area contributed by atoms with Gasteiger partial charge in [0.15, 0.2) is 0 Å². The predicted molar refractivity (Wildman–Crippen MR) is 65.7 cm³/mol. The van der Waals surface area contributed by atoms with Gasteiger partial charge in [-0.25, -0.2) is 0 Å². The van der Waals surface area contributed by atoms with Gasteiger partial charge in [0.25, 0.3) is 0 Å². The summed E-state index contributed by atoms with van der Waals surface area (Å²) < 4.78 is 5.78.